The van der Waals surface area contributed by atoms with Crippen molar-refractivity contribution in [3.63, 3.8) is 0 Å². The summed E-state index contributed by atoms with van der Waals surface area (Å²) >= 11 is 11.7. The van der Waals surface area contributed by atoms with E-state index < -0.39 is 5.60 Å². The fourth-order valence-corrected chi connectivity index (χ4v) is 2.23. The van der Waals surface area contributed by atoms with Gasteiger partial charge in [0.1, 0.15) is 0 Å². The first-order valence-electron chi connectivity index (χ1n) is 4.30. The van der Waals surface area contributed by atoms with E-state index in [1.54, 1.807) is 12.1 Å². The first-order chi connectivity index (χ1) is 6.12. The molecule has 1 aromatic carbocycles. The standard InChI is InChI=1S/C10H10Cl2O/c11-7-2-3-8(9(12)6-7)10(13)4-1-5-10/h2-3,6,13H,1,4-5H2. The predicted octanol–water partition coefficient (Wildman–Crippen LogP) is 3.36. The van der Waals surface area contributed by atoms with E-state index in [0.29, 0.717) is 10.0 Å². The van der Waals surface area contributed by atoms with Crippen LogP contribution in [-0.2, 0) is 5.60 Å². The summed E-state index contributed by atoms with van der Waals surface area (Å²) in [5.74, 6) is 0. The van der Waals surface area contributed by atoms with E-state index >= 15 is 0 Å². The van der Waals surface area contributed by atoms with Crippen molar-refractivity contribution >= 4 is 23.2 Å². The molecule has 1 N–H and O–H groups in total. The number of hydrogen-bond acceptors (Lipinski definition) is 1. The van der Waals surface area contributed by atoms with Crippen LogP contribution in [0.1, 0.15) is 24.8 Å². The van der Waals surface area contributed by atoms with Gasteiger partial charge in [0.25, 0.3) is 0 Å². The van der Waals surface area contributed by atoms with E-state index in [0.717, 1.165) is 24.8 Å². The molecule has 0 aromatic heterocycles. The summed E-state index contributed by atoms with van der Waals surface area (Å²) in [5.41, 5.74) is 0.117. The maximum atomic E-state index is 10.0. The number of rotatable bonds is 1. The Morgan fingerprint density at radius 2 is 1.92 bits per heavy atom. The Labute approximate surface area is 87.3 Å². The van der Waals surface area contributed by atoms with Gasteiger partial charge in [-0.15, -0.1) is 0 Å². The summed E-state index contributed by atoms with van der Waals surface area (Å²) in [6, 6.07) is 5.25. The van der Waals surface area contributed by atoms with E-state index in [1.807, 2.05) is 6.07 Å². The molecule has 1 aliphatic rings. The molecule has 2 rings (SSSR count). The molecule has 13 heavy (non-hydrogen) atoms. The first-order valence-corrected chi connectivity index (χ1v) is 5.05. The van der Waals surface area contributed by atoms with Crippen molar-refractivity contribution < 1.29 is 5.11 Å². The molecule has 0 radical (unpaired) electrons. The van der Waals surface area contributed by atoms with Crippen LogP contribution in [0, 0.1) is 0 Å². The fourth-order valence-electron chi connectivity index (χ4n) is 1.65. The molecular formula is C10H10Cl2O. The zero-order valence-electron chi connectivity index (χ0n) is 7.06. The van der Waals surface area contributed by atoms with Crippen LogP contribution in [0.2, 0.25) is 10.0 Å². The van der Waals surface area contributed by atoms with Crippen LogP contribution >= 0.6 is 23.2 Å². The normalized spacial score (nSPS) is 19.6. The third kappa shape index (κ3) is 1.56. The van der Waals surface area contributed by atoms with Gasteiger partial charge in [0.2, 0.25) is 0 Å². The summed E-state index contributed by atoms with van der Waals surface area (Å²) in [7, 11) is 0. The second kappa shape index (κ2) is 3.16. The zero-order chi connectivity index (χ0) is 9.47. The maximum Gasteiger partial charge on any atom is 0.0911 e. The second-order valence-electron chi connectivity index (χ2n) is 3.51. The summed E-state index contributed by atoms with van der Waals surface area (Å²) in [5, 5.41) is 11.2. The second-order valence-corrected chi connectivity index (χ2v) is 4.35. The van der Waals surface area contributed by atoms with Gasteiger partial charge >= 0.3 is 0 Å². The van der Waals surface area contributed by atoms with Gasteiger partial charge in [-0.25, -0.2) is 0 Å². The minimum Gasteiger partial charge on any atom is -0.385 e. The molecule has 1 saturated carbocycles. The molecule has 1 aromatic rings. The van der Waals surface area contributed by atoms with E-state index in [9.17, 15) is 5.11 Å². The van der Waals surface area contributed by atoms with Gasteiger partial charge in [-0.2, -0.15) is 0 Å². The quantitative estimate of drug-likeness (QED) is 0.764. The van der Waals surface area contributed by atoms with Gasteiger partial charge in [-0.05, 0) is 31.4 Å². The lowest BCUT2D eigenvalue weighted by atomic mass is 9.75. The predicted molar refractivity (Wildman–Crippen MR) is 54.2 cm³/mol. The number of benzene rings is 1. The number of hydrogen-bond donors (Lipinski definition) is 1. The van der Waals surface area contributed by atoms with Crippen LogP contribution in [0.4, 0.5) is 0 Å². The van der Waals surface area contributed by atoms with Crippen LogP contribution in [0.5, 0.6) is 0 Å². The first kappa shape index (κ1) is 9.32. The number of halogens is 2. The van der Waals surface area contributed by atoms with Crippen LogP contribution in [0.25, 0.3) is 0 Å². The molecule has 70 valence electrons. The van der Waals surface area contributed by atoms with Crippen molar-refractivity contribution in [2.24, 2.45) is 0 Å². The monoisotopic (exact) mass is 216 g/mol. The lowest BCUT2D eigenvalue weighted by Crippen LogP contribution is -2.33. The molecule has 0 atom stereocenters. The molecule has 1 aliphatic carbocycles. The molecule has 0 bridgehead atoms. The lowest BCUT2D eigenvalue weighted by Gasteiger charge is -2.37. The minimum atomic E-state index is -0.693. The Kier molecular flexibility index (Phi) is 2.26. The molecule has 3 heteroatoms. The fraction of sp³-hybridized carbons (Fsp3) is 0.400. The molecule has 0 amide bonds. The molecule has 0 spiro atoms. The Bertz CT molecular complexity index is 332. The summed E-state index contributed by atoms with van der Waals surface area (Å²) in [6.45, 7) is 0. The van der Waals surface area contributed by atoms with Gasteiger partial charge in [-0.3, -0.25) is 0 Å². The van der Waals surface area contributed by atoms with Crippen molar-refractivity contribution in [3.8, 4) is 0 Å². The summed E-state index contributed by atoms with van der Waals surface area (Å²) < 4.78 is 0. The Balaban J connectivity index is 2.40. The van der Waals surface area contributed by atoms with Crippen molar-refractivity contribution in [1.29, 1.82) is 0 Å². The topological polar surface area (TPSA) is 20.2 Å². The Hall–Kier alpha value is -0.240. The van der Waals surface area contributed by atoms with Crippen LogP contribution in [0.15, 0.2) is 18.2 Å². The molecule has 1 fully saturated rings. The molecular weight excluding hydrogens is 207 g/mol. The van der Waals surface area contributed by atoms with Gasteiger partial charge < -0.3 is 5.11 Å². The minimum absolute atomic E-state index is 0.565. The van der Waals surface area contributed by atoms with Crippen molar-refractivity contribution in [2.75, 3.05) is 0 Å². The number of aliphatic hydroxyl groups is 1. The van der Waals surface area contributed by atoms with Gasteiger partial charge in [0.15, 0.2) is 0 Å². The average Bonchev–Trinajstić information content (AvgIpc) is 2.00. The molecule has 1 nitrogen and oxygen atoms in total. The lowest BCUT2D eigenvalue weighted by molar-refractivity contribution is -0.0386. The smallest absolute Gasteiger partial charge is 0.0911 e. The molecule has 0 aliphatic heterocycles. The van der Waals surface area contributed by atoms with Gasteiger partial charge in [0, 0.05) is 15.6 Å². The van der Waals surface area contributed by atoms with Gasteiger partial charge in [0.05, 0.1) is 5.60 Å². The average molecular weight is 217 g/mol. The maximum absolute atomic E-state index is 10.0. The Morgan fingerprint density at radius 3 is 2.38 bits per heavy atom. The van der Waals surface area contributed by atoms with E-state index in [4.69, 9.17) is 23.2 Å². The van der Waals surface area contributed by atoms with Crippen LogP contribution in [0.3, 0.4) is 0 Å². The van der Waals surface area contributed by atoms with Gasteiger partial charge in [-0.1, -0.05) is 29.3 Å². The SMILES string of the molecule is OC1(c2ccc(Cl)cc2Cl)CCC1. The van der Waals surface area contributed by atoms with Crippen LogP contribution < -0.4 is 0 Å². The Morgan fingerprint density at radius 1 is 1.23 bits per heavy atom. The highest BCUT2D eigenvalue weighted by Gasteiger charge is 2.37. The van der Waals surface area contributed by atoms with E-state index in [2.05, 4.69) is 0 Å². The third-order valence-electron chi connectivity index (χ3n) is 2.61. The highest BCUT2D eigenvalue weighted by atomic mass is 35.5. The van der Waals surface area contributed by atoms with Crippen LogP contribution in [-0.4, -0.2) is 5.11 Å². The largest absolute Gasteiger partial charge is 0.385 e. The van der Waals surface area contributed by atoms with E-state index in [1.165, 1.54) is 0 Å². The van der Waals surface area contributed by atoms with Crippen molar-refractivity contribution in [2.45, 2.75) is 24.9 Å². The summed E-state index contributed by atoms with van der Waals surface area (Å²) in [4.78, 5) is 0. The van der Waals surface area contributed by atoms with Crippen molar-refractivity contribution in [3.05, 3.63) is 33.8 Å². The molecule has 0 heterocycles. The highest BCUT2D eigenvalue weighted by Crippen LogP contribution is 2.44. The summed E-state index contributed by atoms with van der Waals surface area (Å²) in [6.07, 6.45) is 2.66. The van der Waals surface area contributed by atoms with E-state index in [-0.39, 0.29) is 0 Å². The third-order valence-corrected chi connectivity index (χ3v) is 3.16. The molecule has 0 unspecified atom stereocenters. The van der Waals surface area contributed by atoms with Crippen molar-refractivity contribution in [1.82, 2.24) is 0 Å². The molecule has 0 saturated heterocycles. The highest BCUT2D eigenvalue weighted by molar-refractivity contribution is 6.35. The zero-order valence-corrected chi connectivity index (χ0v) is 8.57.